The molecule has 2 aromatic heterocycles. The predicted molar refractivity (Wildman–Crippen MR) is 92.3 cm³/mol. The Morgan fingerprint density at radius 2 is 2.14 bits per heavy atom. The van der Waals surface area contributed by atoms with Crippen molar-refractivity contribution in [3.63, 3.8) is 0 Å². The largest absolute Gasteiger partial charge is 0.385 e. The average Bonchev–Trinajstić information content (AvgIpc) is 2.97. The molecule has 0 saturated heterocycles. The van der Waals surface area contributed by atoms with Crippen molar-refractivity contribution < 1.29 is 0 Å². The summed E-state index contributed by atoms with van der Waals surface area (Å²) in [4.78, 5) is 10.3. The highest BCUT2D eigenvalue weighted by atomic mass is 32.1. The second kappa shape index (κ2) is 5.54. The standard InChI is InChI=1S/C18H17N3S/c1-12-17(21-18(22-12)15-5-2-8-19-11-15)14-6-7-16-13(10-14)4-3-9-20-16/h2,5-8,10-11,20H,3-4,9H2,1H3. The van der Waals surface area contributed by atoms with Crippen LogP contribution in [-0.4, -0.2) is 16.5 Å². The summed E-state index contributed by atoms with van der Waals surface area (Å²) in [6.45, 7) is 3.22. The zero-order valence-electron chi connectivity index (χ0n) is 12.5. The number of nitrogens with one attached hydrogen (secondary N) is 1. The molecule has 3 aromatic rings. The lowest BCUT2D eigenvalue weighted by molar-refractivity contribution is 0.830. The highest BCUT2D eigenvalue weighted by molar-refractivity contribution is 7.15. The van der Waals surface area contributed by atoms with E-state index in [4.69, 9.17) is 4.98 Å². The zero-order chi connectivity index (χ0) is 14.9. The Morgan fingerprint density at radius 1 is 1.18 bits per heavy atom. The highest BCUT2D eigenvalue weighted by Crippen LogP contribution is 2.35. The molecule has 1 aliphatic heterocycles. The van der Waals surface area contributed by atoms with Crippen LogP contribution in [0.1, 0.15) is 16.9 Å². The van der Waals surface area contributed by atoms with Crippen LogP contribution in [0.5, 0.6) is 0 Å². The number of nitrogens with zero attached hydrogens (tertiary/aromatic N) is 2. The lowest BCUT2D eigenvalue weighted by Crippen LogP contribution is -2.11. The number of anilines is 1. The molecule has 0 fully saturated rings. The molecule has 0 bridgehead atoms. The van der Waals surface area contributed by atoms with Gasteiger partial charge in [0, 0.05) is 40.6 Å². The molecule has 4 rings (SSSR count). The quantitative estimate of drug-likeness (QED) is 0.755. The normalized spacial score (nSPS) is 13.5. The number of aryl methyl sites for hydroxylation is 2. The van der Waals surface area contributed by atoms with Crippen molar-refractivity contribution in [3.8, 4) is 21.8 Å². The second-order valence-electron chi connectivity index (χ2n) is 5.57. The van der Waals surface area contributed by atoms with Gasteiger partial charge in [-0.3, -0.25) is 4.98 Å². The Hall–Kier alpha value is -2.20. The lowest BCUT2D eigenvalue weighted by atomic mass is 9.99. The molecule has 4 heteroatoms. The smallest absolute Gasteiger partial charge is 0.125 e. The van der Waals surface area contributed by atoms with E-state index >= 15 is 0 Å². The van der Waals surface area contributed by atoms with Crippen molar-refractivity contribution in [1.29, 1.82) is 0 Å². The molecule has 0 radical (unpaired) electrons. The van der Waals surface area contributed by atoms with Crippen molar-refractivity contribution in [3.05, 3.63) is 53.2 Å². The van der Waals surface area contributed by atoms with Gasteiger partial charge in [-0.25, -0.2) is 4.98 Å². The van der Waals surface area contributed by atoms with Gasteiger partial charge in [-0.15, -0.1) is 11.3 Å². The molecular formula is C18H17N3S. The van der Waals surface area contributed by atoms with Crippen LogP contribution in [0.4, 0.5) is 5.69 Å². The van der Waals surface area contributed by atoms with Crippen LogP contribution < -0.4 is 5.32 Å². The summed E-state index contributed by atoms with van der Waals surface area (Å²) in [6.07, 6.45) is 6.02. The molecule has 0 unspecified atom stereocenters. The maximum atomic E-state index is 4.86. The van der Waals surface area contributed by atoms with Gasteiger partial charge in [-0.2, -0.15) is 0 Å². The van der Waals surface area contributed by atoms with Crippen LogP contribution in [0, 0.1) is 6.92 Å². The summed E-state index contributed by atoms with van der Waals surface area (Å²) in [5, 5.41) is 4.50. The predicted octanol–water partition coefficient (Wildman–Crippen LogP) is 4.54. The third-order valence-electron chi connectivity index (χ3n) is 4.02. The van der Waals surface area contributed by atoms with Gasteiger partial charge >= 0.3 is 0 Å². The summed E-state index contributed by atoms with van der Waals surface area (Å²) in [6, 6.07) is 10.7. The maximum absolute atomic E-state index is 4.86. The molecule has 110 valence electrons. The van der Waals surface area contributed by atoms with Crippen LogP contribution in [0.3, 0.4) is 0 Å². The molecule has 3 nitrogen and oxygen atoms in total. The summed E-state index contributed by atoms with van der Waals surface area (Å²) >= 11 is 1.73. The third-order valence-corrected chi connectivity index (χ3v) is 5.04. The Bertz CT molecular complexity index is 808. The van der Waals surface area contributed by atoms with Gasteiger partial charge in [-0.1, -0.05) is 6.07 Å². The fourth-order valence-electron chi connectivity index (χ4n) is 2.90. The van der Waals surface area contributed by atoms with Crippen molar-refractivity contribution >= 4 is 17.0 Å². The number of thiazole rings is 1. The minimum absolute atomic E-state index is 1.04. The molecule has 0 atom stereocenters. The fraction of sp³-hybridized carbons (Fsp3) is 0.222. The number of rotatable bonds is 2. The summed E-state index contributed by atoms with van der Waals surface area (Å²) in [5.41, 5.74) is 6.07. The Morgan fingerprint density at radius 3 is 3.00 bits per heavy atom. The second-order valence-corrected chi connectivity index (χ2v) is 6.77. The van der Waals surface area contributed by atoms with Crippen molar-refractivity contribution in [2.24, 2.45) is 0 Å². The summed E-state index contributed by atoms with van der Waals surface area (Å²) in [5.74, 6) is 0. The SMILES string of the molecule is Cc1sc(-c2cccnc2)nc1-c1ccc2c(c1)CCCN2. The Kier molecular flexibility index (Phi) is 3.39. The molecular weight excluding hydrogens is 290 g/mol. The topological polar surface area (TPSA) is 37.8 Å². The first-order valence-electron chi connectivity index (χ1n) is 7.56. The van der Waals surface area contributed by atoms with Gasteiger partial charge in [0.1, 0.15) is 5.01 Å². The number of hydrogen-bond donors (Lipinski definition) is 1. The van der Waals surface area contributed by atoms with Crippen molar-refractivity contribution in [2.45, 2.75) is 19.8 Å². The molecule has 22 heavy (non-hydrogen) atoms. The zero-order valence-corrected chi connectivity index (χ0v) is 13.3. The van der Waals surface area contributed by atoms with Crippen molar-refractivity contribution in [1.82, 2.24) is 9.97 Å². The fourth-order valence-corrected chi connectivity index (χ4v) is 3.82. The molecule has 1 aliphatic rings. The first kappa shape index (κ1) is 13.5. The van der Waals surface area contributed by atoms with Gasteiger partial charge < -0.3 is 5.32 Å². The van der Waals surface area contributed by atoms with E-state index in [9.17, 15) is 0 Å². The minimum Gasteiger partial charge on any atom is -0.385 e. The lowest BCUT2D eigenvalue weighted by Gasteiger charge is -2.18. The van der Waals surface area contributed by atoms with Crippen LogP contribution in [-0.2, 0) is 6.42 Å². The highest BCUT2D eigenvalue weighted by Gasteiger charge is 2.14. The first-order chi connectivity index (χ1) is 10.8. The van der Waals surface area contributed by atoms with Gasteiger partial charge in [0.05, 0.1) is 5.69 Å². The molecule has 1 aromatic carbocycles. The van der Waals surface area contributed by atoms with E-state index < -0.39 is 0 Å². The first-order valence-corrected chi connectivity index (χ1v) is 8.38. The maximum Gasteiger partial charge on any atom is 0.125 e. The van der Waals surface area contributed by atoms with E-state index in [1.807, 2.05) is 12.3 Å². The molecule has 3 heterocycles. The van der Waals surface area contributed by atoms with Crippen LogP contribution in [0.25, 0.3) is 21.8 Å². The van der Waals surface area contributed by atoms with Gasteiger partial charge in [0.25, 0.3) is 0 Å². The molecule has 0 amide bonds. The molecule has 0 saturated carbocycles. The number of hydrogen-bond acceptors (Lipinski definition) is 4. The number of benzene rings is 1. The number of pyridine rings is 1. The molecule has 1 N–H and O–H groups in total. The Labute approximate surface area is 134 Å². The van der Waals surface area contributed by atoms with Gasteiger partial charge in [0.2, 0.25) is 0 Å². The van der Waals surface area contributed by atoms with E-state index in [2.05, 4.69) is 41.5 Å². The average molecular weight is 307 g/mol. The number of aromatic nitrogens is 2. The van der Waals surface area contributed by atoms with E-state index in [0.717, 1.165) is 29.2 Å². The summed E-state index contributed by atoms with van der Waals surface area (Å²) < 4.78 is 0. The third kappa shape index (κ3) is 2.40. The van der Waals surface area contributed by atoms with Crippen molar-refractivity contribution in [2.75, 3.05) is 11.9 Å². The van der Waals surface area contributed by atoms with Crippen LogP contribution in [0.2, 0.25) is 0 Å². The van der Waals surface area contributed by atoms with Crippen LogP contribution >= 0.6 is 11.3 Å². The number of fused-ring (bicyclic) bond motifs is 1. The van der Waals surface area contributed by atoms with Gasteiger partial charge in [0.15, 0.2) is 0 Å². The Balaban J connectivity index is 1.75. The minimum atomic E-state index is 1.04. The molecule has 0 aliphatic carbocycles. The van der Waals surface area contributed by atoms with E-state index in [1.165, 1.54) is 28.1 Å². The van der Waals surface area contributed by atoms with E-state index in [1.54, 1.807) is 17.5 Å². The van der Waals surface area contributed by atoms with Crippen LogP contribution in [0.15, 0.2) is 42.7 Å². The summed E-state index contributed by atoms with van der Waals surface area (Å²) in [7, 11) is 0. The molecule has 0 spiro atoms. The van der Waals surface area contributed by atoms with E-state index in [-0.39, 0.29) is 0 Å². The van der Waals surface area contributed by atoms with E-state index in [0.29, 0.717) is 0 Å². The van der Waals surface area contributed by atoms with Gasteiger partial charge in [-0.05, 0) is 49.6 Å². The monoisotopic (exact) mass is 307 g/mol.